The zero-order valence-corrected chi connectivity index (χ0v) is 12.7. The molecular formula is C16H21N3O2. The maximum Gasteiger partial charge on any atom is 0.269 e. The van der Waals surface area contributed by atoms with Gasteiger partial charge in [0.1, 0.15) is 5.69 Å². The van der Waals surface area contributed by atoms with Crippen LogP contribution in [0, 0.1) is 13.8 Å². The fourth-order valence-corrected chi connectivity index (χ4v) is 2.00. The number of carbonyl (C=O) groups is 1. The smallest absolute Gasteiger partial charge is 0.269 e. The largest absolute Gasteiger partial charge is 0.385 e. The van der Waals surface area contributed by atoms with Crippen molar-refractivity contribution in [3.63, 3.8) is 0 Å². The molecule has 0 aliphatic carbocycles. The standard InChI is InChI=1S/C16H21N3O2/c1-11-5-6-13(9-12(11)2)14-10-15(19-18-14)16(20)17-7-4-8-21-3/h5-6,9-10H,4,7-8H2,1-3H3,(H,17,20)(H,18,19). The SMILES string of the molecule is COCCCNC(=O)c1cc(-c2ccc(C)c(C)c2)n[nH]1. The molecule has 0 radical (unpaired) electrons. The number of benzene rings is 1. The summed E-state index contributed by atoms with van der Waals surface area (Å²) in [6.45, 7) is 5.36. The zero-order chi connectivity index (χ0) is 15.2. The van der Waals surface area contributed by atoms with Crippen LogP contribution in [-0.4, -0.2) is 36.4 Å². The lowest BCUT2D eigenvalue weighted by Crippen LogP contribution is -2.25. The number of nitrogens with one attached hydrogen (secondary N) is 2. The Morgan fingerprint density at radius 2 is 2.10 bits per heavy atom. The monoisotopic (exact) mass is 287 g/mol. The Bertz CT molecular complexity index is 620. The minimum atomic E-state index is -0.145. The van der Waals surface area contributed by atoms with E-state index in [9.17, 15) is 4.79 Å². The van der Waals surface area contributed by atoms with Gasteiger partial charge < -0.3 is 10.1 Å². The maximum atomic E-state index is 12.0. The Kier molecular flexibility index (Phi) is 5.11. The van der Waals surface area contributed by atoms with Crippen molar-refractivity contribution >= 4 is 5.91 Å². The minimum Gasteiger partial charge on any atom is -0.385 e. The molecule has 0 bridgehead atoms. The van der Waals surface area contributed by atoms with Gasteiger partial charge in [0, 0.05) is 25.8 Å². The maximum absolute atomic E-state index is 12.0. The molecule has 0 aliphatic rings. The highest BCUT2D eigenvalue weighted by molar-refractivity contribution is 5.93. The van der Waals surface area contributed by atoms with Crippen molar-refractivity contribution in [2.75, 3.05) is 20.3 Å². The number of hydrogen-bond acceptors (Lipinski definition) is 3. The van der Waals surface area contributed by atoms with Gasteiger partial charge in [0.15, 0.2) is 0 Å². The van der Waals surface area contributed by atoms with Crippen LogP contribution in [0.5, 0.6) is 0 Å². The number of methoxy groups -OCH3 is 1. The highest BCUT2D eigenvalue weighted by atomic mass is 16.5. The van der Waals surface area contributed by atoms with E-state index in [2.05, 4.69) is 41.5 Å². The van der Waals surface area contributed by atoms with Crippen molar-refractivity contribution in [3.8, 4) is 11.3 Å². The number of aryl methyl sites for hydroxylation is 2. The zero-order valence-electron chi connectivity index (χ0n) is 12.7. The van der Waals surface area contributed by atoms with Gasteiger partial charge in [0.05, 0.1) is 5.69 Å². The highest BCUT2D eigenvalue weighted by Crippen LogP contribution is 2.20. The Labute approximate surface area is 124 Å². The Morgan fingerprint density at radius 3 is 2.81 bits per heavy atom. The van der Waals surface area contributed by atoms with E-state index in [0.29, 0.717) is 18.8 Å². The van der Waals surface area contributed by atoms with E-state index in [4.69, 9.17) is 4.74 Å². The molecule has 21 heavy (non-hydrogen) atoms. The fourth-order valence-electron chi connectivity index (χ4n) is 2.00. The summed E-state index contributed by atoms with van der Waals surface area (Å²) in [5, 5.41) is 9.83. The minimum absolute atomic E-state index is 0.145. The van der Waals surface area contributed by atoms with Gasteiger partial charge in [0.2, 0.25) is 0 Å². The van der Waals surface area contributed by atoms with Crippen LogP contribution in [0.25, 0.3) is 11.3 Å². The molecule has 0 spiro atoms. The third kappa shape index (κ3) is 3.92. The van der Waals surface area contributed by atoms with Crippen LogP contribution in [0.1, 0.15) is 28.0 Å². The molecule has 2 N–H and O–H groups in total. The van der Waals surface area contributed by atoms with Gasteiger partial charge in [-0.2, -0.15) is 5.10 Å². The number of hydrogen-bond donors (Lipinski definition) is 2. The fraction of sp³-hybridized carbons (Fsp3) is 0.375. The molecule has 0 unspecified atom stereocenters. The summed E-state index contributed by atoms with van der Waals surface area (Å²) >= 11 is 0. The van der Waals surface area contributed by atoms with E-state index < -0.39 is 0 Å². The van der Waals surface area contributed by atoms with Gasteiger partial charge in [0.25, 0.3) is 5.91 Å². The number of rotatable bonds is 6. The van der Waals surface area contributed by atoms with Gasteiger partial charge in [-0.25, -0.2) is 0 Å². The van der Waals surface area contributed by atoms with Crippen LogP contribution >= 0.6 is 0 Å². The predicted octanol–water partition coefficient (Wildman–Crippen LogP) is 2.46. The van der Waals surface area contributed by atoms with Crippen LogP contribution in [0.4, 0.5) is 0 Å². The molecule has 1 heterocycles. The number of ether oxygens (including phenoxy) is 1. The lowest BCUT2D eigenvalue weighted by Gasteiger charge is -2.02. The summed E-state index contributed by atoms with van der Waals surface area (Å²) in [5.74, 6) is -0.145. The van der Waals surface area contributed by atoms with Crippen molar-refractivity contribution in [1.29, 1.82) is 0 Å². The van der Waals surface area contributed by atoms with Crippen molar-refractivity contribution in [2.45, 2.75) is 20.3 Å². The van der Waals surface area contributed by atoms with Gasteiger partial charge >= 0.3 is 0 Å². The molecular weight excluding hydrogens is 266 g/mol. The average Bonchev–Trinajstić information content (AvgIpc) is 2.96. The molecule has 0 saturated heterocycles. The molecule has 1 amide bonds. The van der Waals surface area contributed by atoms with Crippen molar-refractivity contribution < 1.29 is 9.53 Å². The predicted molar refractivity (Wildman–Crippen MR) is 82.3 cm³/mol. The first-order valence-electron chi connectivity index (χ1n) is 7.02. The summed E-state index contributed by atoms with van der Waals surface area (Å²) in [7, 11) is 1.65. The lowest BCUT2D eigenvalue weighted by atomic mass is 10.0. The van der Waals surface area contributed by atoms with E-state index in [1.54, 1.807) is 13.2 Å². The van der Waals surface area contributed by atoms with Gasteiger partial charge in [-0.1, -0.05) is 12.1 Å². The summed E-state index contributed by atoms with van der Waals surface area (Å²) in [6.07, 6.45) is 0.792. The van der Waals surface area contributed by atoms with Crippen LogP contribution in [-0.2, 0) is 4.74 Å². The van der Waals surface area contributed by atoms with Crippen LogP contribution in [0.3, 0.4) is 0 Å². The molecule has 1 aromatic heterocycles. The molecule has 5 nitrogen and oxygen atoms in total. The quantitative estimate of drug-likeness (QED) is 0.802. The molecule has 0 atom stereocenters. The topological polar surface area (TPSA) is 67.0 Å². The van der Waals surface area contributed by atoms with E-state index >= 15 is 0 Å². The number of H-pyrrole nitrogens is 1. The van der Waals surface area contributed by atoms with Crippen molar-refractivity contribution in [3.05, 3.63) is 41.1 Å². The lowest BCUT2D eigenvalue weighted by molar-refractivity contribution is 0.0943. The van der Waals surface area contributed by atoms with Gasteiger partial charge in [-0.05, 0) is 43.5 Å². The second-order valence-electron chi connectivity index (χ2n) is 5.07. The van der Waals surface area contributed by atoms with Crippen LogP contribution in [0.15, 0.2) is 24.3 Å². The Morgan fingerprint density at radius 1 is 1.29 bits per heavy atom. The first-order valence-corrected chi connectivity index (χ1v) is 7.02. The highest BCUT2D eigenvalue weighted by Gasteiger charge is 2.10. The Balaban J connectivity index is 2.03. The summed E-state index contributed by atoms with van der Waals surface area (Å²) in [6, 6.07) is 7.92. The average molecular weight is 287 g/mol. The van der Waals surface area contributed by atoms with Crippen molar-refractivity contribution in [1.82, 2.24) is 15.5 Å². The number of nitrogens with zero attached hydrogens (tertiary/aromatic N) is 1. The van der Waals surface area contributed by atoms with E-state index in [1.807, 2.05) is 6.07 Å². The third-order valence-electron chi connectivity index (χ3n) is 3.44. The van der Waals surface area contributed by atoms with Gasteiger partial charge in [-0.15, -0.1) is 0 Å². The summed E-state index contributed by atoms with van der Waals surface area (Å²) in [5.41, 5.74) is 4.71. The second kappa shape index (κ2) is 7.04. The normalized spacial score (nSPS) is 10.6. The second-order valence-corrected chi connectivity index (χ2v) is 5.07. The Hall–Kier alpha value is -2.14. The van der Waals surface area contributed by atoms with E-state index in [0.717, 1.165) is 17.7 Å². The molecule has 0 fully saturated rings. The number of aromatic amines is 1. The van der Waals surface area contributed by atoms with Crippen LogP contribution < -0.4 is 5.32 Å². The van der Waals surface area contributed by atoms with E-state index in [-0.39, 0.29) is 5.91 Å². The molecule has 0 aliphatic heterocycles. The van der Waals surface area contributed by atoms with Crippen molar-refractivity contribution in [2.24, 2.45) is 0 Å². The molecule has 112 valence electrons. The number of carbonyl (C=O) groups excluding carboxylic acids is 1. The molecule has 1 aromatic carbocycles. The molecule has 5 heteroatoms. The third-order valence-corrected chi connectivity index (χ3v) is 3.44. The first-order chi connectivity index (χ1) is 10.1. The molecule has 0 saturated carbocycles. The summed E-state index contributed by atoms with van der Waals surface area (Å²) < 4.78 is 4.94. The van der Waals surface area contributed by atoms with E-state index in [1.165, 1.54) is 11.1 Å². The molecule has 2 rings (SSSR count). The molecule has 2 aromatic rings. The van der Waals surface area contributed by atoms with Gasteiger partial charge in [-0.3, -0.25) is 9.89 Å². The first kappa shape index (κ1) is 15.3. The van der Waals surface area contributed by atoms with Crippen LogP contribution in [0.2, 0.25) is 0 Å². The number of amides is 1. The number of aromatic nitrogens is 2. The summed E-state index contributed by atoms with van der Waals surface area (Å²) in [4.78, 5) is 12.0.